The Hall–Kier alpha value is -0.980. The van der Waals surface area contributed by atoms with Crippen LogP contribution < -0.4 is 10.6 Å². The standard InChI is InChI=1S/C16H19Cl2F3N2O/c17-13-5-4-10(7-14(13)18)12-8-22-6-2-1-3-11(12)15(24)23-9-16(19,20)21/h4-5,7,11-12,22H,1-3,6,8-9H2,(H,23,24)/t11?,12-/m1/s1. The first-order chi connectivity index (χ1) is 11.3. The fraction of sp³-hybridized carbons (Fsp3) is 0.562. The minimum absolute atomic E-state index is 0.256. The van der Waals surface area contributed by atoms with Gasteiger partial charge < -0.3 is 10.6 Å². The van der Waals surface area contributed by atoms with E-state index in [1.54, 1.807) is 18.2 Å². The van der Waals surface area contributed by atoms with Crippen LogP contribution in [0.25, 0.3) is 0 Å². The van der Waals surface area contributed by atoms with Crippen LogP contribution in [-0.2, 0) is 4.79 Å². The summed E-state index contributed by atoms with van der Waals surface area (Å²) in [6.45, 7) is 0.000629. The SMILES string of the molecule is O=C(NCC(F)(F)F)C1CCCCNC[C@@H]1c1ccc(Cl)c(Cl)c1. The Morgan fingerprint density at radius 2 is 2.00 bits per heavy atom. The zero-order chi connectivity index (χ0) is 17.7. The second-order valence-electron chi connectivity index (χ2n) is 5.92. The van der Waals surface area contributed by atoms with Crippen LogP contribution in [0.2, 0.25) is 10.0 Å². The molecule has 1 aliphatic heterocycles. The van der Waals surface area contributed by atoms with Crippen molar-refractivity contribution in [1.29, 1.82) is 0 Å². The molecule has 0 spiro atoms. The highest BCUT2D eigenvalue weighted by molar-refractivity contribution is 6.42. The molecule has 134 valence electrons. The van der Waals surface area contributed by atoms with Gasteiger partial charge in [-0.2, -0.15) is 13.2 Å². The number of rotatable bonds is 3. The Labute approximate surface area is 148 Å². The van der Waals surface area contributed by atoms with Crippen molar-refractivity contribution >= 4 is 29.1 Å². The molecule has 0 saturated carbocycles. The van der Waals surface area contributed by atoms with E-state index in [2.05, 4.69) is 5.32 Å². The number of hydrogen-bond acceptors (Lipinski definition) is 2. The normalized spacial score (nSPS) is 22.5. The lowest BCUT2D eigenvalue weighted by atomic mass is 9.81. The van der Waals surface area contributed by atoms with Crippen LogP contribution in [0.1, 0.15) is 30.7 Å². The maximum absolute atomic E-state index is 12.4. The van der Waals surface area contributed by atoms with E-state index in [0.717, 1.165) is 24.9 Å². The molecule has 2 N–H and O–H groups in total. The molecule has 2 rings (SSSR count). The Bertz CT molecular complexity index is 581. The average molecular weight is 383 g/mol. The summed E-state index contributed by atoms with van der Waals surface area (Å²) >= 11 is 12.0. The van der Waals surface area contributed by atoms with Crippen LogP contribution in [0.4, 0.5) is 13.2 Å². The molecule has 1 aliphatic rings. The van der Waals surface area contributed by atoms with E-state index < -0.39 is 24.5 Å². The van der Waals surface area contributed by atoms with Crippen molar-refractivity contribution in [3.63, 3.8) is 0 Å². The minimum Gasteiger partial charge on any atom is -0.347 e. The summed E-state index contributed by atoms with van der Waals surface area (Å²) in [5.41, 5.74) is 0.797. The zero-order valence-corrected chi connectivity index (χ0v) is 14.4. The molecule has 1 fully saturated rings. The smallest absolute Gasteiger partial charge is 0.347 e. The van der Waals surface area contributed by atoms with Crippen molar-refractivity contribution in [2.75, 3.05) is 19.6 Å². The van der Waals surface area contributed by atoms with Crippen molar-refractivity contribution in [3.8, 4) is 0 Å². The lowest BCUT2D eigenvalue weighted by Crippen LogP contribution is -2.42. The Morgan fingerprint density at radius 3 is 2.67 bits per heavy atom. The topological polar surface area (TPSA) is 41.1 Å². The minimum atomic E-state index is -4.42. The molecular formula is C16H19Cl2F3N2O. The third-order valence-electron chi connectivity index (χ3n) is 4.14. The molecule has 1 aromatic rings. The van der Waals surface area contributed by atoms with Gasteiger partial charge in [0.2, 0.25) is 5.91 Å². The molecule has 24 heavy (non-hydrogen) atoms. The predicted molar refractivity (Wildman–Crippen MR) is 88.5 cm³/mol. The molecule has 2 atom stereocenters. The lowest BCUT2D eigenvalue weighted by Gasteiger charge is -2.29. The number of amides is 1. The van der Waals surface area contributed by atoms with Crippen molar-refractivity contribution in [2.24, 2.45) is 5.92 Å². The van der Waals surface area contributed by atoms with Gasteiger partial charge in [-0.15, -0.1) is 0 Å². The van der Waals surface area contributed by atoms with Gasteiger partial charge in [0.25, 0.3) is 0 Å². The Morgan fingerprint density at radius 1 is 1.25 bits per heavy atom. The van der Waals surface area contributed by atoms with E-state index in [0.29, 0.717) is 23.0 Å². The van der Waals surface area contributed by atoms with Crippen LogP contribution in [0, 0.1) is 5.92 Å². The van der Waals surface area contributed by atoms with E-state index in [9.17, 15) is 18.0 Å². The van der Waals surface area contributed by atoms with Crippen molar-refractivity contribution < 1.29 is 18.0 Å². The van der Waals surface area contributed by atoms with Gasteiger partial charge in [-0.3, -0.25) is 4.79 Å². The summed E-state index contributed by atoms with van der Waals surface area (Å²) in [5, 5.41) is 6.03. The van der Waals surface area contributed by atoms with Crippen LogP contribution in [0.5, 0.6) is 0 Å². The molecule has 8 heteroatoms. The van der Waals surface area contributed by atoms with Crippen molar-refractivity contribution in [3.05, 3.63) is 33.8 Å². The summed E-state index contributed by atoms with van der Waals surface area (Å²) in [5.74, 6) is -1.38. The summed E-state index contributed by atoms with van der Waals surface area (Å²) in [6.07, 6.45) is -2.23. The highest BCUT2D eigenvalue weighted by atomic mass is 35.5. The van der Waals surface area contributed by atoms with Gasteiger partial charge >= 0.3 is 6.18 Å². The predicted octanol–water partition coefficient (Wildman–Crippen LogP) is 4.15. The Kier molecular flexibility index (Phi) is 6.78. The molecule has 1 aromatic carbocycles. The molecule has 0 aliphatic carbocycles. The molecule has 1 amide bonds. The van der Waals surface area contributed by atoms with Crippen LogP contribution in [0.15, 0.2) is 18.2 Å². The summed E-state index contributed by atoms with van der Waals surface area (Å²) in [6, 6.07) is 5.09. The van der Waals surface area contributed by atoms with Crippen LogP contribution in [-0.4, -0.2) is 31.7 Å². The molecular weight excluding hydrogens is 364 g/mol. The largest absolute Gasteiger partial charge is 0.405 e. The number of nitrogens with one attached hydrogen (secondary N) is 2. The molecule has 3 nitrogen and oxygen atoms in total. The first-order valence-corrected chi connectivity index (χ1v) is 8.53. The number of benzene rings is 1. The number of alkyl halides is 3. The van der Waals surface area contributed by atoms with Crippen LogP contribution in [0.3, 0.4) is 0 Å². The highest BCUT2D eigenvalue weighted by Gasteiger charge is 2.33. The molecule has 0 bridgehead atoms. The highest BCUT2D eigenvalue weighted by Crippen LogP contribution is 2.33. The number of carbonyl (C=O) groups excluding carboxylic acids is 1. The van der Waals surface area contributed by atoms with E-state index in [-0.39, 0.29) is 5.92 Å². The maximum Gasteiger partial charge on any atom is 0.405 e. The zero-order valence-electron chi connectivity index (χ0n) is 12.9. The first kappa shape index (κ1) is 19.3. The van der Waals surface area contributed by atoms with Crippen molar-refractivity contribution in [1.82, 2.24) is 10.6 Å². The monoisotopic (exact) mass is 382 g/mol. The maximum atomic E-state index is 12.4. The molecule has 0 radical (unpaired) electrons. The molecule has 1 saturated heterocycles. The molecule has 1 unspecified atom stereocenters. The van der Waals surface area contributed by atoms with Crippen molar-refractivity contribution in [2.45, 2.75) is 31.4 Å². The summed E-state index contributed by atoms with van der Waals surface area (Å²) < 4.78 is 37.2. The van der Waals surface area contributed by atoms with Gasteiger partial charge in [-0.05, 0) is 37.1 Å². The Balaban J connectivity index is 2.21. The number of hydrogen-bond donors (Lipinski definition) is 2. The van der Waals surface area contributed by atoms with Gasteiger partial charge in [0.05, 0.1) is 10.0 Å². The summed E-state index contributed by atoms with van der Waals surface area (Å²) in [4.78, 5) is 12.3. The molecule has 0 aromatic heterocycles. The third kappa shape index (κ3) is 5.53. The van der Waals surface area contributed by atoms with Gasteiger partial charge in [0, 0.05) is 18.4 Å². The third-order valence-corrected chi connectivity index (χ3v) is 4.88. The van der Waals surface area contributed by atoms with E-state index in [1.165, 1.54) is 0 Å². The van der Waals surface area contributed by atoms with E-state index in [4.69, 9.17) is 23.2 Å². The number of halogens is 5. The van der Waals surface area contributed by atoms with Gasteiger partial charge in [-0.25, -0.2) is 0 Å². The summed E-state index contributed by atoms with van der Waals surface area (Å²) in [7, 11) is 0. The van der Waals surface area contributed by atoms with Crippen LogP contribution >= 0.6 is 23.2 Å². The number of carbonyl (C=O) groups is 1. The lowest BCUT2D eigenvalue weighted by molar-refractivity contribution is -0.141. The first-order valence-electron chi connectivity index (χ1n) is 7.78. The van der Waals surface area contributed by atoms with Gasteiger partial charge in [0.1, 0.15) is 6.54 Å². The van der Waals surface area contributed by atoms with Gasteiger partial charge in [0.15, 0.2) is 0 Å². The average Bonchev–Trinajstić information content (AvgIpc) is 2.47. The fourth-order valence-corrected chi connectivity index (χ4v) is 3.25. The second-order valence-corrected chi connectivity index (χ2v) is 6.73. The fourth-order valence-electron chi connectivity index (χ4n) is 2.94. The van der Waals surface area contributed by atoms with Gasteiger partial charge in [-0.1, -0.05) is 35.7 Å². The quantitative estimate of drug-likeness (QED) is 0.824. The van der Waals surface area contributed by atoms with E-state index >= 15 is 0 Å². The van der Waals surface area contributed by atoms with E-state index in [1.807, 2.05) is 5.32 Å². The second kappa shape index (κ2) is 8.41. The molecule has 1 heterocycles.